The molecule has 2 N–H and O–H groups in total. The fourth-order valence-electron chi connectivity index (χ4n) is 8.80. The van der Waals surface area contributed by atoms with Crippen molar-refractivity contribution in [2.24, 2.45) is 22.9 Å². The van der Waals surface area contributed by atoms with Gasteiger partial charge in [-0.05, 0) is 87.0 Å². The number of aromatic nitrogens is 3. The first-order valence-corrected chi connectivity index (χ1v) is 19.6. The number of rotatable bonds is 20. The van der Waals surface area contributed by atoms with E-state index in [2.05, 4.69) is 37.3 Å². The van der Waals surface area contributed by atoms with Crippen molar-refractivity contribution in [2.75, 3.05) is 33.0 Å². The molecule has 1 saturated heterocycles. The molecule has 2 aliphatic carbocycles. The number of aryl methyl sites for hydroxylation is 1. The molecule has 1 aromatic carbocycles. The van der Waals surface area contributed by atoms with Gasteiger partial charge in [0.1, 0.15) is 24.1 Å². The van der Waals surface area contributed by atoms with Gasteiger partial charge in [-0.25, -0.2) is 4.68 Å². The lowest BCUT2D eigenvalue weighted by Gasteiger charge is -2.58. The van der Waals surface area contributed by atoms with Crippen LogP contribution in [0.3, 0.4) is 0 Å². The number of fused-ring (bicyclic) bond motifs is 2. The summed E-state index contributed by atoms with van der Waals surface area (Å²) in [6.45, 7) is 11.7. The summed E-state index contributed by atoms with van der Waals surface area (Å²) >= 11 is 0. The number of unbranched alkanes of at least 4 members (excludes halogenated alkanes) is 3. The Morgan fingerprint density at radius 3 is 2.63 bits per heavy atom. The van der Waals surface area contributed by atoms with Crippen molar-refractivity contribution in [3.05, 3.63) is 72.6 Å². The van der Waals surface area contributed by atoms with Gasteiger partial charge < -0.3 is 34.0 Å². The summed E-state index contributed by atoms with van der Waals surface area (Å²) in [5.41, 5.74) is 3.99. The van der Waals surface area contributed by atoms with E-state index >= 15 is 0 Å². The summed E-state index contributed by atoms with van der Waals surface area (Å²) < 4.78 is 28.4. The van der Waals surface area contributed by atoms with E-state index in [1.807, 2.05) is 23.0 Å². The lowest BCUT2D eigenvalue weighted by Crippen LogP contribution is -2.63. The highest BCUT2D eigenvalue weighted by Gasteiger charge is 2.65. The van der Waals surface area contributed by atoms with Gasteiger partial charge in [0.25, 0.3) is 0 Å². The molecule has 0 bridgehead atoms. The number of nitrogens with zero attached hydrogens (tertiary/aromatic N) is 4. The van der Waals surface area contributed by atoms with Crippen molar-refractivity contribution in [1.82, 2.24) is 15.0 Å². The number of allylic oxidation sites excluding steroid dienone is 1. The van der Waals surface area contributed by atoms with Gasteiger partial charge in [0, 0.05) is 37.5 Å². The Kier molecular flexibility index (Phi) is 13.6. The number of hydrogen-bond donors (Lipinski definition) is 2. The SMILES string of the molecule is C=CCOc1ccc2c(c1)[C@H]1[C@H](CCCCO)[C@@H](CCCCO)C=C3C(=NOC4CCCCO4)C[C@H](n4nncc4CCCC)[C@@](OCC=C)(O2)[C@H]31. The minimum absolute atomic E-state index is 0.0554. The summed E-state index contributed by atoms with van der Waals surface area (Å²) in [6.07, 6.45) is 18.6. The van der Waals surface area contributed by atoms with Crippen LogP contribution in [0, 0.1) is 17.8 Å². The second-order valence-corrected chi connectivity index (χ2v) is 14.5. The number of benzene rings is 1. The summed E-state index contributed by atoms with van der Waals surface area (Å²) in [5.74, 6) is 0.343. The molecule has 1 saturated carbocycles. The van der Waals surface area contributed by atoms with E-state index in [1.54, 1.807) is 12.2 Å². The average Bonchev–Trinajstić information content (AvgIpc) is 3.64. The largest absolute Gasteiger partial charge is 0.490 e. The molecule has 3 heterocycles. The van der Waals surface area contributed by atoms with Gasteiger partial charge in [-0.1, -0.05) is 61.4 Å². The molecule has 11 heteroatoms. The molecule has 11 nitrogen and oxygen atoms in total. The molecule has 0 spiro atoms. The molecule has 2 fully saturated rings. The summed E-state index contributed by atoms with van der Waals surface area (Å²) in [4.78, 5) is 6.23. The lowest BCUT2D eigenvalue weighted by molar-refractivity contribution is -0.252. The van der Waals surface area contributed by atoms with Crippen LogP contribution >= 0.6 is 0 Å². The fourth-order valence-corrected chi connectivity index (χ4v) is 8.80. The van der Waals surface area contributed by atoms with Crippen LogP contribution in [0.2, 0.25) is 0 Å². The third kappa shape index (κ3) is 8.17. The minimum Gasteiger partial charge on any atom is -0.490 e. The molecule has 284 valence electrons. The maximum atomic E-state index is 9.87. The second-order valence-electron chi connectivity index (χ2n) is 14.5. The molecule has 2 aliphatic heterocycles. The van der Waals surface area contributed by atoms with Gasteiger partial charge in [0.05, 0.1) is 36.7 Å². The standard InChI is InChI=1S/C41H58N4O7/c1-4-7-15-30-28-42-44-45(30)37-27-35(43-52-38-17-10-13-24-49-38)33-25-29(14-8-11-20-46)32(16-9-12-21-47)39-34-26-31(48-22-5-2)18-19-36(34)51-41(37,40(33)39)50-23-6-3/h5-6,18-19,25-26,28-29,32,37-40,46-47H,2-4,7-17,20-24,27H2,1H3/t29-,32+,37-,38?,39+,40+,41+/m0/s1. The first kappa shape index (κ1) is 38.2. The van der Waals surface area contributed by atoms with E-state index in [1.165, 1.54) is 0 Å². The third-order valence-electron chi connectivity index (χ3n) is 11.2. The predicted octanol–water partition coefficient (Wildman–Crippen LogP) is 7.22. The molecular formula is C41H58N4O7. The smallest absolute Gasteiger partial charge is 0.241 e. The fraction of sp³-hybridized carbons (Fsp3) is 0.634. The van der Waals surface area contributed by atoms with Crippen LogP contribution in [-0.2, 0) is 20.7 Å². The van der Waals surface area contributed by atoms with Crippen LogP contribution in [0.15, 0.2) is 66.5 Å². The number of oxime groups is 1. The van der Waals surface area contributed by atoms with E-state index in [-0.39, 0.29) is 43.5 Å². The average molecular weight is 719 g/mol. The van der Waals surface area contributed by atoms with Crippen molar-refractivity contribution >= 4 is 5.71 Å². The van der Waals surface area contributed by atoms with Crippen LogP contribution in [0.1, 0.15) is 107 Å². The first-order valence-electron chi connectivity index (χ1n) is 19.6. The zero-order valence-corrected chi connectivity index (χ0v) is 30.9. The Morgan fingerprint density at radius 2 is 1.88 bits per heavy atom. The van der Waals surface area contributed by atoms with Gasteiger partial charge in [0.15, 0.2) is 0 Å². The van der Waals surface area contributed by atoms with E-state index in [4.69, 9.17) is 34.2 Å². The Bertz CT molecular complexity index is 1530. The van der Waals surface area contributed by atoms with Crippen molar-refractivity contribution in [3.8, 4) is 11.5 Å². The van der Waals surface area contributed by atoms with Gasteiger partial charge in [-0.15, -0.1) is 11.7 Å². The Hall–Kier alpha value is -3.51. The molecule has 4 aliphatic rings. The quantitative estimate of drug-likeness (QED) is 0.0828. The molecular weight excluding hydrogens is 660 g/mol. The number of aliphatic hydroxyl groups excluding tert-OH is 2. The Balaban J connectivity index is 1.57. The number of aliphatic hydroxyl groups is 2. The highest BCUT2D eigenvalue weighted by atomic mass is 16.8. The molecule has 6 rings (SSSR count). The third-order valence-corrected chi connectivity index (χ3v) is 11.2. The summed E-state index contributed by atoms with van der Waals surface area (Å²) in [5, 5.41) is 33.8. The number of hydrogen-bond acceptors (Lipinski definition) is 10. The van der Waals surface area contributed by atoms with Crippen LogP contribution in [-0.4, -0.2) is 76.0 Å². The maximum absolute atomic E-state index is 9.87. The molecule has 1 aromatic heterocycles. The molecule has 52 heavy (non-hydrogen) atoms. The zero-order chi connectivity index (χ0) is 36.3. The first-order chi connectivity index (χ1) is 25.6. The lowest BCUT2D eigenvalue weighted by atomic mass is 9.55. The van der Waals surface area contributed by atoms with Crippen LogP contribution in [0.25, 0.3) is 0 Å². The van der Waals surface area contributed by atoms with Gasteiger partial charge in [-0.3, -0.25) is 0 Å². The molecule has 7 atom stereocenters. The van der Waals surface area contributed by atoms with Crippen molar-refractivity contribution in [3.63, 3.8) is 0 Å². The van der Waals surface area contributed by atoms with Gasteiger partial charge in [0.2, 0.25) is 12.1 Å². The normalized spacial score (nSPS) is 28.7. The summed E-state index contributed by atoms with van der Waals surface area (Å²) in [7, 11) is 0. The van der Waals surface area contributed by atoms with Crippen LogP contribution in [0.4, 0.5) is 0 Å². The highest BCUT2D eigenvalue weighted by molar-refractivity contribution is 6.02. The number of ether oxygens (including phenoxy) is 4. The van der Waals surface area contributed by atoms with E-state index in [0.29, 0.717) is 19.6 Å². The van der Waals surface area contributed by atoms with E-state index in [9.17, 15) is 10.2 Å². The van der Waals surface area contributed by atoms with Crippen molar-refractivity contribution in [1.29, 1.82) is 0 Å². The van der Waals surface area contributed by atoms with E-state index < -0.39 is 18.1 Å². The topological polar surface area (TPSA) is 130 Å². The molecule has 0 amide bonds. The monoisotopic (exact) mass is 718 g/mol. The Morgan fingerprint density at radius 1 is 1.06 bits per heavy atom. The van der Waals surface area contributed by atoms with Crippen molar-refractivity contribution in [2.45, 2.75) is 114 Å². The molecule has 1 unspecified atom stereocenters. The van der Waals surface area contributed by atoms with Crippen LogP contribution < -0.4 is 9.47 Å². The van der Waals surface area contributed by atoms with Crippen molar-refractivity contribution < 1.29 is 34.0 Å². The molecule has 2 aromatic rings. The van der Waals surface area contributed by atoms with E-state index in [0.717, 1.165) is 111 Å². The zero-order valence-electron chi connectivity index (χ0n) is 30.9. The van der Waals surface area contributed by atoms with Gasteiger partial charge >= 0.3 is 0 Å². The summed E-state index contributed by atoms with van der Waals surface area (Å²) in [6, 6.07) is 5.67. The highest BCUT2D eigenvalue weighted by Crippen LogP contribution is 2.63. The van der Waals surface area contributed by atoms with Gasteiger partial charge in [-0.2, -0.15) is 0 Å². The maximum Gasteiger partial charge on any atom is 0.241 e. The Labute approximate surface area is 308 Å². The predicted molar refractivity (Wildman–Crippen MR) is 199 cm³/mol. The second kappa shape index (κ2) is 18.5. The molecule has 0 radical (unpaired) electrons. The minimum atomic E-state index is -1.18. The van der Waals surface area contributed by atoms with Crippen LogP contribution in [0.5, 0.6) is 11.5 Å².